The number of carbonyl (C=O) groups is 1. The van der Waals surface area contributed by atoms with E-state index in [1.165, 1.54) is 17.8 Å². The highest BCUT2D eigenvalue weighted by molar-refractivity contribution is 7.99. The van der Waals surface area contributed by atoms with Crippen LogP contribution in [0.25, 0.3) is 11.4 Å². The highest BCUT2D eigenvalue weighted by Gasteiger charge is 2.31. The van der Waals surface area contributed by atoms with Crippen molar-refractivity contribution in [3.63, 3.8) is 0 Å². The highest BCUT2D eigenvalue weighted by atomic mass is 32.2. The molecule has 7 heteroatoms. The van der Waals surface area contributed by atoms with E-state index in [0.717, 1.165) is 12.8 Å². The Bertz CT molecular complexity index is 725. The molecule has 1 aromatic carbocycles. The average Bonchev–Trinajstić information content (AvgIpc) is 3.34. The summed E-state index contributed by atoms with van der Waals surface area (Å²) in [6.07, 6.45) is 2.08. The molecule has 0 radical (unpaired) electrons. The summed E-state index contributed by atoms with van der Waals surface area (Å²) in [4.78, 5) is 14.0. The number of amides is 1. The quantitative estimate of drug-likeness (QED) is 0.720. The molecule has 0 bridgehead atoms. The Morgan fingerprint density at radius 2 is 2.00 bits per heavy atom. The lowest BCUT2D eigenvalue weighted by molar-refractivity contribution is -0.127. The van der Waals surface area contributed by atoms with Gasteiger partial charge in [0.15, 0.2) is 11.0 Å². The van der Waals surface area contributed by atoms with Crippen molar-refractivity contribution < 1.29 is 9.18 Å². The summed E-state index contributed by atoms with van der Waals surface area (Å²) < 4.78 is 16.1. The monoisotopic (exact) mass is 348 g/mol. The molecule has 1 aliphatic rings. The van der Waals surface area contributed by atoms with E-state index in [1.807, 2.05) is 18.4 Å². The number of carbonyl (C=O) groups excluding carboxylic acids is 1. The minimum absolute atomic E-state index is 0.0859. The van der Waals surface area contributed by atoms with Crippen LogP contribution in [0, 0.1) is 5.82 Å². The highest BCUT2D eigenvalue weighted by Crippen LogP contribution is 2.41. The Morgan fingerprint density at radius 1 is 1.29 bits per heavy atom. The van der Waals surface area contributed by atoms with Crippen LogP contribution in [-0.2, 0) is 4.79 Å². The van der Waals surface area contributed by atoms with Gasteiger partial charge in [-0.1, -0.05) is 23.9 Å². The zero-order chi connectivity index (χ0) is 17.1. The van der Waals surface area contributed by atoms with Gasteiger partial charge in [0.05, 0.1) is 11.3 Å². The summed E-state index contributed by atoms with van der Waals surface area (Å²) in [5.74, 6) is 0.655. The number of hydrogen-bond donors (Lipinski definition) is 0. The van der Waals surface area contributed by atoms with Crippen LogP contribution >= 0.6 is 11.8 Å². The normalized spacial score (nSPS) is 14.0. The first-order valence-electron chi connectivity index (χ1n) is 8.26. The first-order valence-corrected chi connectivity index (χ1v) is 9.24. The number of thioether (sulfide) groups is 1. The maximum Gasteiger partial charge on any atom is 0.233 e. The second-order valence-corrected chi connectivity index (χ2v) is 6.68. The van der Waals surface area contributed by atoms with Gasteiger partial charge in [0.1, 0.15) is 5.82 Å². The maximum absolute atomic E-state index is 14.1. The molecule has 5 nitrogen and oxygen atoms in total. The topological polar surface area (TPSA) is 51.0 Å². The van der Waals surface area contributed by atoms with Crippen LogP contribution in [0.2, 0.25) is 0 Å². The van der Waals surface area contributed by atoms with Crippen LogP contribution < -0.4 is 0 Å². The van der Waals surface area contributed by atoms with Crippen LogP contribution in [0.3, 0.4) is 0 Å². The fraction of sp³-hybridized carbons (Fsp3) is 0.471. The van der Waals surface area contributed by atoms with Crippen molar-refractivity contribution in [1.82, 2.24) is 19.7 Å². The third-order valence-corrected chi connectivity index (χ3v) is 5.06. The zero-order valence-corrected chi connectivity index (χ0v) is 14.7. The predicted molar refractivity (Wildman–Crippen MR) is 92.3 cm³/mol. The second-order valence-electron chi connectivity index (χ2n) is 5.74. The molecular formula is C17H21FN4OS. The molecule has 2 aromatic rings. The van der Waals surface area contributed by atoms with Gasteiger partial charge >= 0.3 is 0 Å². The number of hydrogen-bond acceptors (Lipinski definition) is 4. The second kappa shape index (κ2) is 7.34. The van der Waals surface area contributed by atoms with Gasteiger partial charge in [0.25, 0.3) is 0 Å². The Morgan fingerprint density at radius 3 is 2.62 bits per heavy atom. The Labute approximate surface area is 145 Å². The fourth-order valence-electron chi connectivity index (χ4n) is 2.66. The molecule has 1 aromatic heterocycles. The molecule has 0 aliphatic heterocycles. The minimum Gasteiger partial charge on any atom is -0.343 e. The van der Waals surface area contributed by atoms with Crippen molar-refractivity contribution in [1.29, 1.82) is 0 Å². The van der Waals surface area contributed by atoms with Crippen LogP contribution in [0.15, 0.2) is 29.4 Å². The van der Waals surface area contributed by atoms with E-state index in [1.54, 1.807) is 23.1 Å². The third kappa shape index (κ3) is 3.45. The van der Waals surface area contributed by atoms with Crippen LogP contribution in [0.4, 0.5) is 4.39 Å². The molecule has 1 aliphatic carbocycles. The smallest absolute Gasteiger partial charge is 0.233 e. The van der Waals surface area contributed by atoms with Crippen molar-refractivity contribution in [3.05, 3.63) is 30.1 Å². The molecule has 1 heterocycles. The van der Waals surface area contributed by atoms with Crippen molar-refractivity contribution >= 4 is 17.7 Å². The molecule has 1 fully saturated rings. The van der Waals surface area contributed by atoms with E-state index in [2.05, 4.69) is 10.2 Å². The van der Waals surface area contributed by atoms with Gasteiger partial charge < -0.3 is 4.90 Å². The molecule has 0 saturated heterocycles. The molecule has 128 valence electrons. The summed E-state index contributed by atoms with van der Waals surface area (Å²) in [6, 6.07) is 6.91. The zero-order valence-electron chi connectivity index (χ0n) is 13.9. The standard InChI is InChI=1S/C17H21FN4OS/c1-3-21(4-2)15(23)11-24-17-20-19-16(22(17)12-9-10-12)13-7-5-6-8-14(13)18/h5-8,12H,3-4,9-11H2,1-2H3. The largest absolute Gasteiger partial charge is 0.343 e. The van der Waals surface area contributed by atoms with Crippen LogP contribution in [0.1, 0.15) is 32.7 Å². The number of aromatic nitrogens is 3. The van der Waals surface area contributed by atoms with E-state index in [9.17, 15) is 9.18 Å². The average molecular weight is 348 g/mol. The lowest BCUT2D eigenvalue weighted by atomic mass is 10.2. The van der Waals surface area contributed by atoms with E-state index in [0.29, 0.717) is 41.4 Å². The lowest BCUT2D eigenvalue weighted by Gasteiger charge is -2.18. The van der Waals surface area contributed by atoms with Crippen molar-refractivity contribution in [3.8, 4) is 11.4 Å². The van der Waals surface area contributed by atoms with Gasteiger partial charge in [0.2, 0.25) is 5.91 Å². The van der Waals surface area contributed by atoms with Gasteiger partial charge in [-0.25, -0.2) is 4.39 Å². The van der Waals surface area contributed by atoms with Gasteiger partial charge in [-0.05, 0) is 38.8 Å². The maximum atomic E-state index is 14.1. The van der Waals surface area contributed by atoms with E-state index >= 15 is 0 Å². The first kappa shape index (κ1) is 17.0. The Kier molecular flexibility index (Phi) is 5.18. The SMILES string of the molecule is CCN(CC)C(=O)CSc1nnc(-c2ccccc2F)n1C1CC1. The Balaban J connectivity index is 1.83. The summed E-state index contributed by atoms with van der Waals surface area (Å²) in [6.45, 7) is 5.33. The van der Waals surface area contributed by atoms with Gasteiger partial charge in [-0.2, -0.15) is 0 Å². The van der Waals surface area contributed by atoms with Crippen molar-refractivity contribution in [2.45, 2.75) is 37.9 Å². The van der Waals surface area contributed by atoms with Crippen molar-refractivity contribution in [2.24, 2.45) is 0 Å². The molecular weight excluding hydrogens is 327 g/mol. The summed E-state index contributed by atoms with van der Waals surface area (Å²) in [5.41, 5.74) is 0.457. The minimum atomic E-state index is -0.303. The fourth-order valence-corrected chi connectivity index (χ4v) is 3.57. The molecule has 0 atom stereocenters. The molecule has 1 saturated carbocycles. The molecule has 24 heavy (non-hydrogen) atoms. The van der Waals surface area contributed by atoms with Gasteiger partial charge in [-0.15, -0.1) is 10.2 Å². The molecule has 0 unspecified atom stereocenters. The molecule has 0 N–H and O–H groups in total. The number of benzene rings is 1. The summed E-state index contributed by atoms with van der Waals surface area (Å²) >= 11 is 1.38. The van der Waals surface area contributed by atoms with Crippen LogP contribution in [0.5, 0.6) is 0 Å². The molecule has 1 amide bonds. The Hall–Kier alpha value is -1.89. The van der Waals surface area contributed by atoms with E-state index in [-0.39, 0.29) is 11.7 Å². The molecule has 0 spiro atoms. The van der Waals surface area contributed by atoms with E-state index in [4.69, 9.17) is 0 Å². The molecule has 3 rings (SSSR count). The lowest BCUT2D eigenvalue weighted by Crippen LogP contribution is -2.31. The number of halogens is 1. The summed E-state index contributed by atoms with van der Waals surface area (Å²) in [5, 5.41) is 9.11. The van der Waals surface area contributed by atoms with Crippen molar-refractivity contribution in [2.75, 3.05) is 18.8 Å². The van der Waals surface area contributed by atoms with E-state index < -0.39 is 0 Å². The number of nitrogens with zero attached hydrogens (tertiary/aromatic N) is 4. The van der Waals surface area contributed by atoms with Crippen LogP contribution in [-0.4, -0.2) is 44.4 Å². The number of rotatable bonds is 7. The third-order valence-electron chi connectivity index (χ3n) is 4.13. The van der Waals surface area contributed by atoms with Gasteiger partial charge in [-0.3, -0.25) is 9.36 Å². The first-order chi connectivity index (χ1) is 11.7. The predicted octanol–water partition coefficient (Wildman–Crippen LogP) is 3.38. The van der Waals surface area contributed by atoms with Gasteiger partial charge in [0, 0.05) is 19.1 Å². The summed E-state index contributed by atoms with van der Waals surface area (Å²) in [7, 11) is 0.